The van der Waals surface area contributed by atoms with Gasteiger partial charge in [-0.15, -0.1) is 0 Å². The van der Waals surface area contributed by atoms with E-state index in [0.717, 1.165) is 54.7 Å². The fourth-order valence-electron chi connectivity index (χ4n) is 4.82. The Hall–Kier alpha value is -4.13. The minimum atomic E-state index is -0.0548. The molecule has 5 rings (SSSR count). The quantitative estimate of drug-likeness (QED) is 0.317. The van der Waals surface area contributed by atoms with Crippen molar-refractivity contribution in [2.24, 2.45) is 5.92 Å². The van der Waals surface area contributed by atoms with E-state index in [0.29, 0.717) is 23.2 Å². The van der Waals surface area contributed by atoms with Crippen LogP contribution in [0.5, 0.6) is 11.5 Å². The van der Waals surface area contributed by atoms with Gasteiger partial charge in [0.05, 0.1) is 5.52 Å². The summed E-state index contributed by atoms with van der Waals surface area (Å²) in [6, 6.07) is 25.2. The van der Waals surface area contributed by atoms with E-state index in [1.807, 2.05) is 85.7 Å². The van der Waals surface area contributed by atoms with Crippen LogP contribution in [0.3, 0.4) is 0 Å². The van der Waals surface area contributed by atoms with Crippen LogP contribution >= 0.6 is 0 Å². The number of carbonyl (C=O) groups excluding carboxylic acids is 1. The molecule has 1 aliphatic carbocycles. The van der Waals surface area contributed by atoms with E-state index in [-0.39, 0.29) is 11.9 Å². The van der Waals surface area contributed by atoms with E-state index in [9.17, 15) is 4.79 Å². The predicted octanol–water partition coefficient (Wildman–Crippen LogP) is 5.89. The second-order valence-corrected chi connectivity index (χ2v) is 9.80. The average molecular weight is 496 g/mol. The summed E-state index contributed by atoms with van der Waals surface area (Å²) in [6.45, 7) is 0.824. The highest BCUT2D eigenvalue weighted by atomic mass is 16.5. The lowest BCUT2D eigenvalue weighted by Gasteiger charge is -2.29. The number of para-hydroxylation sites is 2. The van der Waals surface area contributed by atoms with E-state index in [4.69, 9.17) is 14.7 Å². The van der Waals surface area contributed by atoms with Gasteiger partial charge in [-0.05, 0) is 74.1 Å². The van der Waals surface area contributed by atoms with Gasteiger partial charge in [0, 0.05) is 37.6 Å². The molecular formula is C30H33N5O2. The van der Waals surface area contributed by atoms with E-state index < -0.39 is 0 Å². The first-order valence-electron chi connectivity index (χ1n) is 12.9. The molecule has 3 aromatic carbocycles. The summed E-state index contributed by atoms with van der Waals surface area (Å²) in [5.74, 6) is 3.45. The van der Waals surface area contributed by atoms with Crippen molar-refractivity contribution in [1.82, 2.24) is 15.3 Å². The fourth-order valence-corrected chi connectivity index (χ4v) is 4.82. The fraction of sp³-hybridized carbons (Fsp3) is 0.300. The molecule has 1 amide bonds. The molecule has 0 atom stereocenters. The zero-order valence-corrected chi connectivity index (χ0v) is 21.4. The van der Waals surface area contributed by atoms with Gasteiger partial charge >= 0.3 is 0 Å². The average Bonchev–Trinajstić information content (AvgIpc) is 2.93. The van der Waals surface area contributed by atoms with Crippen molar-refractivity contribution >= 4 is 28.6 Å². The monoisotopic (exact) mass is 495 g/mol. The number of fused-ring (bicyclic) bond motifs is 1. The molecule has 4 aromatic rings. The third-order valence-electron chi connectivity index (χ3n) is 6.81. The van der Waals surface area contributed by atoms with Crippen LogP contribution in [-0.4, -0.2) is 42.6 Å². The van der Waals surface area contributed by atoms with Gasteiger partial charge in [0.2, 0.25) is 5.95 Å². The Labute approximate surface area is 217 Å². The molecule has 1 heterocycles. The van der Waals surface area contributed by atoms with Crippen molar-refractivity contribution in [1.29, 1.82) is 0 Å². The second-order valence-electron chi connectivity index (χ2n) is 9.80. The van der Waals surface area contributed by atoms with Gasteiger partial charge in [0.15, 0.2) is 0 Å². The zero-order chi connectivity index (χ0) is 25.6. The first kappa shape index (κ1) is 24.6. The molecule has 0 bridgehead atoms. The van der Waals surface area contributed by atoms with Crippen LogP contribution in [0.4, 0.5) is 11.8 Å². The molecule has 0 unspecified atom stereocenters. The SMILES string of the molecule is CN(C)c1nc(NCC2CCC(NC(=O)c3cccc(Oc4ccccc4)c3)CC2)nc2ccccc12. The number of hydrogen-bond donors (Lipinski definition) is 2. The Morgan fingerprint density at radius 3 is 2.41 bits per heavy atom. The van der Waals surface area contributed by atoms with Gasteiger partial charge in [-0.1, -0.05) is 36.4 Å². The number of hydrogen-bond acceptors (Lipinski definition) is 6. The first-order chi connectivity index (χ1) is 18.0. The molecule has 0 saturated heterocycles. The Morgan fingerprint density at radius 1 is 0.892 bits per heavy atom. The van der Waals surface area contributed by atoms with Crippen molar-refractivity contribution in [3.05, 3.63) is 84.4 Å². The molecule has 7 heteroatoms. The molecule has 1 fully saturated rings. The van der Waals surface area contributed by atoms with Crippen molar-refractivity contribution in [3.63, 3.8) is 0 Å². The van der Waals surface area contributed by atoms with Crippen LogP contribution in [0.15, 0.2) is 78.9 Å². The van der Waals surface area contributed by atoms with E-state index in [1.54, 1.807) is 6.07 Å². The molecule has 7 nitrogen and oxygen atoms in total. The zero-order valence-electron chi connectivity index (χ0n) is 21.4. The van der Waals surface area contributed by atoms with Crippen LogP contribution < -0.4 is 20.3 Å². The van der Waals surface area contributed by atoms with Gasteiger partial charge in [0.1, 0.15) is 17.3 Å². The Kier molecular flexibility index (Phi) is 7.49. The summed E-state index contributed by atoms with van der Waals surface area (Å²) in [5, 5.41) is 7.72. The van der Waals surface area contributed by atoms with Crippen molar-refractivity contribution in [2.45, 2.75) is 31.7 Å². The lowest BCUT2D eigenvalue weighted by atomic mass is 9.86. The summed E-state index contributed by atoms with van der Waals surface area (Å²) in [5.41, 5.74) is 1.55. The second kappa shape index (κ2) is 11.3. The normalized spacial score (nSPS) is 17.2. The predicted molar refractivity (Wildman–Crippen MR) is 149 cm³/mol. The summed E-state index contributed by atoms with van der Waals surface area (Å²) in [4.78, 5) is 24.4. The van der Waals surface area contributed by atoms with Crippen LogP contribution in [0, 0.1) is 5.92 Å². The molecular weight excluding hydrogens is 462 g/mol. The Balaban J connectivity index is 1.12. The summed E-state index contributed by atoms with van der Waals surface area (Å²) in [6.07, 6.45) is 4.01. The molecule has 1 saturated carbocycles. The number of anilines is 2. The van der Waals surface area contributed by atoms with E-state index in [2.05, 4.69) is 16.7 Å². The van der Waals surface area contributed by atoms with Crippen LogP contribution in [0.2, 0.25) is 0 Å². The van der Waals surface area contributed by atoms with Crippen molar-refractivity contribution in [2.75, 3.05) is 30.9 Å². The molecule has 2 N–H and O–H groups in total. The maximum Gasteiger partial charge on any atom is 0.251 e. The minimum absolute atomic E-state index is 0.0548. The lowest BCUT2D eigenvalue weighted by Crippen LogP contribution is -2.38. The van der Waals surface area contributed by atoms with Crippen LogP contribution in [-0.2, 0) is 0 Å². The molecule has 190 valence electrons. The number of amides is 1. The topological polar surface area (TPSA) is 79.4 Å². The smallest absolute Gasteiger partial charge is 0.251 e. The highest BCUT2D eigenvalue weighted by Crippen LogP contribution is 2.27. The summed E-state index contributed by atoms with van der Waals surface area (Å²) >= 11 is 0. The van der Waals surface area contributed by atoms with E-state index in [1.165, 1.54) is 0 Å². The van der Waals surface area contributed by atoms with Gasteiger partial charge in [0.25, 0.3) is 5.91 Å². The number of rotatable bonds is 8. The standard InChI is InChI=1S/C30H33N5O2/c1-35(2)28-26-13-6-7-14-27(26)33-30(34-28)31-20-21-15-17-23(18-16-21)32-29(36)22-9-8-12-25(19-22)37-24-10-4-3-5-11-24/h3-14,19,21,23H,15-18,20H2,1-2H3,(H,32,36)(H,31,33,34). The van der Waals surface area contributed by atoms with Crippen LogP contribution in [0.1, 0.15) is 36.0 Å². The molecule has 1 aromatic heterocycles. The number of aromatic nitrogens is 2. The molecule has 0 spiro atoms. The number of nitrogens with zero attached hydrogens (tertiary/aromatic N) is 3. The highest BCUT2D eigenvalue weighted by molar-refractivity contribution is 5.94. The van der Waals surface area contributed by atoms with E-state index >= 15 is 0 Å². The van der Waals surface area contributed by atoms with Gasteiger partial charge in [-0.25, -0.2) is 4.98 Å². The van der Waals surface area contributed by atoms with Gasteiger partial charge < -0.3 is 20.3 Å². The molecule has 0 radical (unpaired) electrons. The maximum atomic E-state index is 12.9. The third-order valence-corrected chi connectivity index (χ3v) is 6.81. The number of benzene rings is 3. The first-order valence-corrected chi connectivity index (χ1v) is 12.9. The molecule has 0 aliphatic heterocycles. The number of carbonyl (C=O) groups is 1. The molecule has 37 heavy (non-hydrogen) atoms. The maximum absolute atomic E-state index is 12.9. The summed E-state index contributed by atoms with van der Waals surface area (Å²) < 4.78 is 5.88. The van der Waals surface area contributed by atoms with Crippen molar-refractivity contribution < 1.29 is 9.53 Å². The van der Waals surface area contributed by atoms with Gasteiger partial charge in [-0.2, -0.15) is 4.98 Å². The largest absolute Gasteiger partial charge is 0.457 e. The summed E-state index contributed by atoms with van der Waals surface area (Å²) in [7, 11) is 4.00. The van der Waals surface area contributed by atoms with Crippen LogP contribution in [0.25, 0.3) is 10.9 Å². The van der Waals surface area contributed by atoms with Gasteiger partial charge in [-0.3, -0.25) is 4.79 Å². The van der Waals surface area contributed by atoms with Crippen molar-refractivity contribution in [3.8, 4) is 11.5 Å². The lowest BCUT2D eigenvalue weighted by molar-refractivity contribution is 0.0922. The number of nitrogens with one attached hydrogen (secondary N) is 2. The number of ether oxygens (including phenoxy) is 1. The Bertz CT molecular complexity index is 1350. The highest BCUT2D eigenvalue weighted by Gasteiger charge is 2.23. The third kappa shape index (κ3) is 6.17. The molecule has 1 aliphatic rings. The minimum Gasteiger partial charge on any atom is -0.457 e. The Morgan fingerprint density at radius 2 is 1.62 bits per heavy atom.